The van der Waals surface area contributed by atoms with Gasteiger partial charge in [0, 0.05) is 20.6 Å². The number of piperidine rings is 1. The lowest BCUT2D eigenvalue weighted by Gasteiger charge is -2.45. The van der Waals surface area contributed by atoms with Crippen LogP contribution in [0, 0.1) is 5.92 Å². The van der Waals surface area contributed by atoms with E-state index in [0.717, 1.165) is 19.5 Å². The zero-order valence-corrected chi connectivity index (χ0v) is 17.3. The van der Waals surface area contributed by atoms with E-state index in [9.17, 15) is 4.79 Å². The molecule has 0 bridgehead atoms. The molecule has 4 nitrogen and oxygen atoms in total. The van der Waals surface area contributed by atoms with Crippen molar-refractivity contribution in [1.82, 2.24) is 9.80 Å². The fourth-order valence-electron chi connectivity index (χ4n) is 3.82. The molecular weight excluding hydrogens is 324 g/mol. The molecule has 0 aromatic heterocycles. The van der Waals surface area contributed by atoms with E-state index in [1.165, 1.54) is 42.7 Å². The van der Waals surface area contributed by atoms with Gasteiger partial charge in [-0.25, -0.2) is 4.79 Å². The lowest BCUT2D eigenvalue weighted by molar-refractivity contribution is 0.109. The summed E-state index contributed by atoms with van der Waals surface area (Å²) in [5.41, 5.74) is 1.40. The summed E-state index contributed by atoms with van der Waals surface area (Å²) < 4.78 is 5.46. The molecule has 1 heterocycles. The fraction of sp³-hybridized carbons (Fsp3) is 0.682. The van der Waals surface area contributed by atoms with Gasteiger partial charge in [-0.1, -0.05) is 52.2 Å². The van der Waals surface area contributed by atoms with Crippen LogP contribution in [0.3, 0.4) is 0 Å². The molecule has 0 N–H and O–H groups in total. The minimum Gasteiger partial charge on any atom is -0.410 e. The van der Waals surface area contributed by atoms with Crippen molar-refractivity contribution in [2.24, 2.45) is 5.92 Å². The number of carbonyl (C=O) groups excluding carboxylic acids is 1. The largest absolute Gasteiger partial charge is 0.414 e. The first kappa shape index (κ1) is 20.8. The molecule has 0 radical (unpaired) electrons. The number of carbonyl (C=O) groups is 1. The summed E-state index contributed by atoms with van der Waals surface area (Å²) >= 11 is 0. The van der Waals surface area contributed by atoms with Gasteiger partial charge in [-0.05, 0) is 55.0 Å². The average Bonchev–Trinajstić information content (AvgIpc) is 2.62. The Bertz CT molecular complexity index is 587. The number of hydrogen-bond acceptors (Lipinski definition) is 3. The van der Waals surface area contributed by atoms with Gasteiger partial charge in [0.2, 0.25) is 0 Å². The average molecular weight is 361 g/mol. The smallest absolute Gasteiger partial charge is 0.410 e. The number of likely N-dealkylation sites (tertiary alicyclic amines) is 1. The molecular formula is C22H36N2O2. The highest BCUT2D eigenvalue weighted by Gasteiger charge is 2.38. The Balaban J connectivity index is 2.01. The van der Waals surface area contributed by atoms with Gasteiger partial charge in [0.05, 0.1) is 0 Å². The van der Waals surface area contributed by atoms with Crippen molar-refractivity contribution in [2.75, 3.05) is 33.7 Å². The summed E-state index contributed by atoms with van der Waals surface area (Å²) in [4.78, 5) is 15.9. The Morgan fingerprint density at radius 1 is 1.31 bits per heavy atom. The number of ether oxygens (including phenoxy) is 1. The van der Waals surface area contributed by atoms with E-state index in [0.29, 0.717) is 11.7 Å². The SMILES string of the molecule is CCCCCCN1CC[C@@](C)(c2cccc(OC(=O)N(C)C)c2)[C@H](C)C1. The first-order valence-corrected chi connectivity index (χ1v) is 10.1. The third-order valence-electron chi connectivity index (χ3n) is 5.96. The van der Waals surface area contributed by atoms with E-state index < -0.39 is 0 Å². The highest BCUT2D eigenvalue weighted by molar-refractivity contribution is 5.70. The summed E-state index contributed by atoms with van der Waals surface area (Å²) in [6.07, 6.45) is 6.11. The number of amides is 1. The molecule has 0 spiro atoms. The van der Waals surface area contributed by atoms with E-state index in [1.807, 2.05) is 12.1 Å². The zero-order valence-electron chi connectivity index (χ0n) is 17.3. The van der Waals surface area contributed by atoms with Crippen LogP contribution in [0.4, 0.5) is 4.79 Å². The van der Waals surface area contributed by atoms with Gasteiger partial charge in [0.1, 0.15) is 5.75 Å². The second-order valence-electron chi connectivity index (χ2n) is 8.22. The number of unbranched alkanes of at least 4 members (excludes halogenated alkanes) is 3. The van der Waals surface area contributed by atoms with E-state index in [1.54, 1.807) is 14.1 Å². The number of benzene rings is 1. The molecule has 1 aromatic rings. The molecule has 1 amide bonds. The van der Waals surface area contributed by atoms with Gasteiger partial charge in [0.15, 0.2) is 0 Å². The van der Waals surface area contributed by atoms with Crippen LogP contribution in [0.25, 0.3) is 0 Å². The van der Waals surface area contributed by atoms with Crippen molar-refractivity contribution in [3.05, 3.63) is 29.8 Å². The highest BCUT2D eigenvalue weighted by Crippen LogP contribution is 2.40. The van der Waals surface area contributed by atoms with Crippen LogP contribution < -0.4 is 4.74 Å². The molecule has 1 aliphatic heterocycles. The maximum atomic E-state index is 11.8. The number of hydrogen-bond donors (Lipinski definition) is 0. The van der Waals surface area contributed by atoms with E-state index in [-0.39, 0.29) is 11.5 Å². The molecule has 26 heavy (non-hydrogen) atoms. The summed E-state index contributed by atoms with van der Waals surface area (Å²) in [5, 5.41) is 0. The van der Waals surface area contributed by atoms with Gasteiger partial charge in [-0.2, -0.15) is 0 Å². The van der Waals surface area contributed by atoms with E-state index >= 15 is 0 Å². The molecule has 1 fully saturated rings. The van der Waals surface area contributed by atoms with E-state index in [2.05, 4.69) is 37.8 Å². The van der Waals surface area contributed by atoms with Gasteiger partial charge < -0.3 is 14.5 Å². The second kappa shape index (κ2) is 9.40. The number of nitrogens with zero attached hydrogens (tertiary/aromatic N) is 2. The molecule has 146 valence electrons. The van der Waals surface area contributed by atoms with Crippen LogP contribution in [0.1, 0.15) is 58.4 Å². The van der Waals surface area contributed by atoms with Crippen molar-refractivity contribution >= 4 is 6.09 Å². The monoisotopic (exact) mass is 360 g/mol. The third kappa shape index (κ3) is 5.23. The van der Waals surface area contributed by atoms with Crippen LogP contribution in [-0.4, -0.2) is 49.6 Å². The predicted molar refractivity (Wildman–Crippen MR) is 108 cm³/mol. The Hall–Kier alpha value is -1.55. The zero-order chi connectivity index (χ0) is 19.2. The quantitative estimate of drug-likeness (QED) is 0.647. The molecule has 2 rings (SSSR count). The Morgan fingerprint density at radius 2 is 2.08 bits per heavy atom. The molecule has 1 aliphatic rings. The van der Waals surface area contributed by atoms with Crippen molar-refractivity contribution in [2.45, 2.75) is 58.3 Å². The molecule has 1 saturated heterocycles. The minimum atomic E-state index is -0.331. The third-order valence-corrected chi connectivity index (χ3v) is 5.96. The van der Waals surface area contributed by atoms with E-state index in [4.69, 9.17) is 4.74 Å². The van der Waals surface area contributed by atoms with Gasteiger partial charge in [0.25, 0.3) is 0 Å². The van der Waals surface area contributed by atoms with Crippen LogP contribution in [-0.2, 0) is 5.41 Å². The highest BCUT2D eigenvalue weighted by atomic mass is 16.6. The first-order chi connectivity index (χ1) is 12.4. The summed E-state index contributed by atoms with van der Waals surface area (Å²) in [6, 6.07) is 8.10. The Morgan fingerprint density at radius 3 is 2.73 bits per heavy atom. The summed E-state index contributed by atoms with van der Waals surface area (Å²) in [6.45, 7) is 10.5. The maximum Gasteiger partial charge on any atom is 0.414 e. The molecule has 0 unspecified atom stereocenters. The van der Waals surface area contributed by atoms with Crippen LogP contribution in [0.2, 0.25) is 0 Å². The van der Waals surface area contributed by atoms with Crippen LogP contribution in [0.15, 0.2) is 24.3 Å². The standard InChI is InChI=1S/C22H36N2O2/c1-6-7-8-9-14-24-15-13-22(3,18(2)17-24)19-11-10-12-20(16-19)26-21(25)23(4)5/h10-12,16,18H,6-9,13-15,17H2,1-5H3/t18-,22-/m1/s1. The minimum absolute atomic E-state index is 0.125. The summed E-state index contributed by atoms with van der Waals surface area (Å²) in [5.74, 6) is 1.21. The maximum absolute atomic E-state index is 11.8. The van der Waals surface area contributed by atoms with Crippen molar-refractivity contribution < 1.29 is 9.53 Å². The molecule has 2 atom stereocenters. The Kier molecular flexibility index (Phi) is 7.51. The van der Waals surface area contributed by atoms with Gasteiger partial charge in [-0.15, -0.1) is 0 Å². The van der Waals surface area contributed by atoms with Crippen LogP contribution >= 0.6 is 0 Å². The van der Waals surface area contributed by atoms with Crippen LogP contribution in [0.5, 0.6) is 5.75 Å². The van der Waals surface area contributed by atoms with Gasteiger partial charge in [-0.3, -0.25) is 0 Å². The molecule has 0 aliphatic carbocycles. The first-order valence-electron chi connectivity index (χ1n) is 10.1. The molecule has 4 heteroatoms. The molecule has 0 saturated carbocycles. The normalized spacial score (nSPS) is 23.7. The van der Waals surface area contributed by atoms with Gasteiger partial charge >= 0.3 is 6.09 Å². The summed E-state index contributed by atoms with van der Waals surface area (Å²) in [7, 11) is 3.40. The predicted octanol–water partition coefficient (Wildman–Crippen LogP) is 4.93. The van der Waals surface area contributed by atoms with Crippen molar-refractivity contribution in [1.29, 1.82) is 0 Å². The topological polar surface area (TPSA) is 32.8 Å². The Labute approximate surface area is 159 Å². The van der Waals surface area contributed by atoms with Crippen molar-refractivity contribution in [3.8, 4) is 5.75 Å². The molecule has 1 aromatic carbocycles. The second-order valence-corrected chi connectivity index (χ2v) is 8.22. The lowest BCUT2D eigenvalue weighted by atomic mass is 9.68. The number of rotatable bonds is 7. The fourth-order valence-corrected chi connectivity index (χ4v) is 3.82. The lowest BCUT2D eigenvalue weighted by Crippen LogP contribution is -2.47. The van der Waals surface area contributed by atoms with Crippen molar-refractivity contribution in [3.63, 3.8) is 0 Å².